The Balaban J connectivity index is 1.87. The van der Waals surface area contributed by atoms with Crippen LogP contribution >= 0.6 is 23.2 Å². The largest absolute Gasteiger partial charge is 0.397 e. The number of amides is 1. The van der Waals surface area contributed by atoms with Crippen molar-refractivity contribution in [3.63, 3.8) is 0 Å². The predicted molar refractivity (Wildman–Crippen MR) is 101 cm³/mol. The van der Waals surface area contributed by atoms with Crippen molar-refractivity contribution in [3.8, 4) is 0 Å². The zero-order chi connectivity index (χ0) is 17.3. The number of nitrogens with one attached hydrogen (secondary N) is 1. The molecule has 1 fully saturated rings. The summed E-state index contributed by atoms with van der Waals surface area (Å²) >= 11 is 11.9. The van der Waals surface area contributed by atoms with E-state index in [0.717, 1.165) is 24.3 Å². The van der Waals surface area contributed by atoms with Crippen LogP contribution in [0, 0.1) is 6.92 Å². The zero-order valence-corrected chi connectivity index (χ0v) is 14.9. The van der Waals surface area contributed by atoms with Gasteiger partial charge in [0.1, 0.15) is 0 Å². The lowest BCUT2D eigenvalue weighted by molar-refractivity contribution is 0.102. The number of aryl methyl sites for hydroxylation is 1. The Labute approximate surface area is 151 Å². The standard InChI is InChI=1S/C18H19Cl2N3O/c1-11-8-15(21)16(10-17(11)23-6-2-3-7-23)22-18(24)12-4-5-13(19)14(20)9-12/h4-5,8-10H,2-3,6-7,21H2,1H3,(H,22,24). The third kappa shape index (κ3) is 3.45. The summed E-state index contributed by atoms with van der Waals surface area (Å²) in [5.41, 5.74) is 9.91. The summed E-state index contributed by atoms with van der Waals surface area (Å²) < 4.78 is 0. The van der Waals surface area contributed by atoms with Gasteiger partial charge in [-0.25, -0.2) is 0 Å². The molecule has 2 aromatic rings. The molecular formula is C18H19Cl2N3O. The van der Waals surface area contributed by atoms with Crippen LogP contribution in [0.25, 0.3) is 0 Å². The number of halogens is 2. The summed E-state index contributed by atoms with van der Waals surface area (Å²) in [6.45, 7) is 4.10. The first-order valence-corrected chi connectivity index (χ1v) is 8.63. The second kappa shape index (κ2) is 6.91. The second-order valence-corrected chi connectivity index (χ2v) is 6.82. The van der Waals surface area contributed by atoms with Crippen molar-refractivity contribution in [2.75, 3.05) is 29.0 Å². The molecule has 4 nitrogen and oxygen atoms in total. The van der Waals surface area contributed by atoms with Crippen molar-refractivity contribution >= 4 is 46.2 Å². The molecule has 0 bridgehead atoms. The summed E-state index contributed by atoms with van der Waals surface area (Å²) in [6.07, 6.45) is 2.38. The lowest BCUT2D eigenvalue weighted by Crippen LogP contribution is -2.20. The van der Waals surface area contributed by atoms with Crippen molar-refractivity contribution in [1.29, 1.82) is 0 Å². The van der Waals surface area contributed by atoms with Gasteiger partial charge >= 0.3 is 0 Å². The summed E-state index contributed by atoms with van der Waals surface area (Å²) in [5.74, 6) is -0.267. The minimum Gasteiger partial charge on any atom is -0.397 e. The Hall–Kier alpha value is -1.91. The number of nitrogens with two attached hydrogens (primary N) is 1. The molecule has 1 saturated heterocycles. The SMILES string of the molecule is Cc1cc(N)c(NC(=O)c2ccc(Cl)c(Cl)c2)cc1N1CCCC1. The van der Waals surface area contributed by atoms with Crippen LogP contribution in [0.4, 0.5) is 17.1 Å². The van der Waals surface area contributed by atoms with Crippen molar-refractivity contribution in [2.24, 2.45) is 0 Å². The van der Waals surface area contributed by atoms with Gasteiger partial charge in [0.2, 0.25) is 0 Å². The number of nitrogens with zero attached hydrogens (tertiary/aromatic N) is 1. The summed E-state index contributed by atoms with van der Waals surface area (Å²) in [7, 11) is 0. The molecule has 3 rings (SSSR count). The van der Waals surface area contributed by atoms with E-state index in [1.54, 1.807) is 18.2 Å². The zero-order valence-electron chi connectivity index (χ0n) is 13.4. The van der Waals surface area contributed by atoms with Gasteiger partial charge in [0, 0.05) is 24.3 Å². The molecule has 1 aliphatic rings. The Morgan fingerprint density at radius 2 is 1.83 bits per heavy atom. The minimum absolute atomic E-state index is 0.267. The van der Waals surface area contributed by atoms with Gasteiger partial charge in [-0.1, -0.05) is 23.2 Å². The van der Waals surface area contributed by atoms with Crippen molar-refractivity contribution in [3.05, 3.63) is 51.5 Å². The Kier molecular flexibility index (Phi) is 4.88. The van der Waals surface area contributed by atoms with Crippen LogP contribution in [-0.4, -0.2) is 19.0 Å². The van der Waals surface area contributed by atoms with Gasteiger partial charge in [-0.3, -0.25) is 4.79 Å². The number of hydrogen-bond acceptors (Lipinski definition) is 3. The molecule has 3 N–H and O–H groups in total. The topological polar surface area (TPSA) is 58.4 Å². The number of nitrogen functional groups attached to an aromatic ring is 1. The van der Waals surface area contributed by atoms with E-state index in [9.17, 15) is 4.79 Å². The molecule has 126 valence electrons. The van der Waals surface area contributed by atoms with E-state index >= 15 is 0 Å². The molecule has 0 radical (unpaired) electrons. The van der Waals surface area contributed by atoms with E-state index in [0.29, 0.717) is 27.0 Å². The van der Waals surface area contributed by atoms with Crippen LogP contribution in [0.15, 0.2) is 30.3 Å². The van der Waals surface area contributed by atoms with Gasteiger partial charge in [0.15, 0.2) is 0 Å². The average molecular weight is 364 g/mol. The smallest absolute Gasteiger partial charge is 0.255 e. The maximum Gasteiger partial charge on any atom is 0.255 e. The van der Waals surface area contributed by atoms with Gasteiger partial charge < -0.3 is 16.0 Å². The molecule has 0 unspecified atom stereocenters. The van der Waals surface area contributed by atoms with Crippen molar-refractivity contribution in [2.45, 2.75) is 19.8 Å². The van der Waals surface area contributed by atoms with Crippen LogP contribution in [0.1, 0.15) is 28.8 Å². The number of benzene rings is 2. The van der Waals surface area contributed by atoms with Gasteiger partial charge in [-0.05, 0) is 55.7 Å². The number of carbonyl (C=O) groups excluding carboxylic acids is 1. The number of anilines is 3. The Morgan fingerprint density at radius 3 is 2.50 bits per heavy atom. The van der Waals surface area contributed by atoms with E-state index in [4.69, 9.17) is 28.9 Å². The number of carbonyl (C=O) groups is 1. The predicted octanol–water partition coefficient (Wildman–Crippen LogP) is 4.74. The first kappa shape index (κ1) is 16.9. The normalized spacial score (nSPS) is 14.0. The molecule has 1 aliphatic heterocycles. The monoisotopic (exact) mass is 363 g/mol. The van der Waals surface area contributed by atoms with Crippen LogP contribution in [0.5, 0.6) is 0 Å². The van der Waals surface area contributed by atoms with Crippen LogP contribution in [0.3, 0.4) is 0 Å². The number of hydrogen-bond donors (Lipinski definition) is 2. The van der Waals surface area contributed by atoms with E-state index in [1.807, 2.05) is 19.1 Å². The van der Waals surface area contributed by atoms with Gasteiger partial charge in [-0.2, -0.15) is 0 Å². The maximum atomic E-state index is 12.5. The molecule has 0 aliphatic carbocycles. The molecule has 0 spiro atoms. The average Bonchev–Trinajstić information content (AvgIpc) is 3.06. The highest BCUT2D eigenvalue weighted by Gasteiger charge is 2.17. The first-order chi connectivity index (χ1) is 11.5. The molecule has 0 atom stereocenters. The van der Waals surface area contributed by atoms with E-state index in [-0.39, 0.29) is 5.91 Å². The summed E-state index contributed by atoms with van der Waals surface area (Å²) in [4.78, 5) is 14.8. The summed E-state index contributed by atoms with van der Waals surface area (Å²) in [5, 5.41) is 3.63. The molecule has 0 saturated carbocycles. The van der Waals surface area contributed by atoms with Gasteiger partial charge in [-0.15, -0.1) is 0 Å². The lowest BCUT2D eigenvalue weighted by atomic mass is 10.1. The summed E-state index contributed by atoms with van der Waals surface area (Å²) in [6, 6.07) is 8.64. The third-order valence-corrected chi connectivity index (χ3v) is 4.98. The fourth-order valence-electron chi connectivity index (χ4n) is 2.96. The first-order valence-electron chi connectivity index (χ1n) is 7.87. The molecule has 24 heavy (non-hydrogen) atoms. The van der Waals surface area contributed by atoms with E-state index in [2.05, 4.69) is 10.2 Å². The fourth-order valence-corrected chi connectivity index (χ4v) is 3.26. The van der Waals surface area contributed by atoms with E-state index in [1.165, 1.54) is 12.8 Å². The van der Waals surface area contributed by atoms with Crippen molar-refractivity contribution in [1.82, 2.24) is 0 Å². The van der Waals surface area contributed by atoms with Gasteiger partial charge in [0.25, 0.3) is 5.91 Å². The lowest BCUT2D eigenvalue weighted by Gasteiger charge is -2.22. The van der Waals surface area contributed by atoms with Gasteiger partial charge in [0.05, 0.1) is 21.4 Å². The highest BCUT2D eigenvalue weighted by molar-refractivity contribution is 6.42. The highest BCUT2D eigenvalue weighted by Crippen LogP contribution is 2.32. The maximum absolute atomic E-state index is 12.5. The van der Waals surface area contributed by atoms with Crippen LogP contribution in [-0.2, 0) is 0 Å². The molecule has 0 aromatic heterocycles. The van der Waals surface area contributed by atoms with Crippen LogP contribution < -0.4 is 16.0 Å². The number of rotatable bonds is 3. The molecule has 1 heterocycles. The molecule has 6 heteroatoms. The molecular weight excluding hydrogens is 345 g/mol. The van der Waals surface area contributed by atoms with E-state index < -0.39 is 0 Å². The third-order valence-electron chi connectivity index (χ3n) is 4.24. The van der Waals surface area contributed by atoms with Crippen LogP contribution in [0.2, 0.25) is 10.0 Å². The molecule has 1 amide bonds. The Morgan fingerprint density at radius 1 is 1.12 bits per heavy atom. The fraction of sp³-hybridized carbons (Fsp3) is 0.278. The van der Waals surface area contributed by atoms with Crippen molar-refractivity contribution < 1.29 is 4.79 Å². The quantitative estimate of drug-likeness (QED) is 0.774. The minimum atomic E-state index is -0.267. The molecule has 2 aromatic carbocycles. The Bertz CT molecular complexity index is 786. The second-order valence-electron chi connectivity index (χ2n) is 6.00. The highest BCUT2D eigenvalue weighted by atomic mass is 35.5.